The Bertz CT molecular complexity index is 2770. The number of anilines is 3. The lowest BCUT2D eigenvalue weighted by atomic mass is 9.65. The molecule has 50 heavy (non-hydrogen) atoms. The van der Waals surface area contributed by atoms with Gasteiger partial charge in [-0.15, -0.1) is 11.3 Å². The van der Waals surface area contributed by atoms with Gasteiger partial charge in [-0.3, -0.25) is 0 Å². The molecule has 0 saturated heterocycles. The van der Waals surface area contributed by atoms with E-state index in [2.05, 4.69) is 181 Å². The van der Waals surface area contributed by atoms with E-state index in [4.69, 9.17) is 4.74 Å². The molecule has 1 aliphatic heterocycles. The molecule has 0 bridgehead atoms. The summed E-state index contributed by atoms with van der Waals surface area (Å²) in [5.41, 5.74) is 10.3. The molecular formula is C47H29NOS. The van der Waals surface area contributed by atoms with Gasteiger partial charge in [0.05, 0.1) is 15.8 Å². The topological polar surface area (TPSA) is 12.5 Å². The Kier molecular flexibility index (Phi) is 5.78. The van der Waals surface area contributed by atoms with Crippen molar-refractivity contribution in [3.8, 4) is 22.6 Å². The molecule has 2 heterocycles. The number of thiophene rings is 1. The summed E-state index contributed by atoms with van der Waals surface area (Å²) in [4.78, 5) is 2.45. The smallest absolute Gasteiger partial charge is 0.132 e. The van der Waals surface area contributed by atoms with Gasteiger partial charge >= 0.3 is 0 Å². The molecule has 0 radical (unpaired) electrons. The third kappa shape index (κ3) is 3.67. The Morgan fingerprint density at radius 1 is 0.460 bits per heavy atom. The van der Waals surface area contributed by atoms with Gasteiger partial charge in [0.15, 0.2) is 0 Å². The van der Waals surface area contributed by atoms with Crippen LogP contribution in [-0.2, 0) is 5.41 Å². The maximum Gasteiger partial charge on any atom is 0.132 e. The van der Waals surface area contributed by atoms with E-state index in [1.807, 2.05) is 11.3 Å². The number of ether oxygens (including phenoxy) is 1. The summed E-state index contributed by atoms with van der Waals surface area (Å²) in [6.45, 7) is 0. The molecule has 11 rings (SSSR count). The first kappa shape index (κ1) is 27.8. The third-order valence-corrected chi connectivity index (χ3v) is 11.9. The Morgan fingerprint density at radius 2 is 1.12 bits per heavy atom. The van der Waals surface area contributed by atoms with Crippen LogP contribution in [0, 0.1) is 0 Å². The first-order chi connectivity index (χ1) is 24.8. The highest BCUT2D eigenvalue weighted by Gasteiger charge is 2.52. The van der Waals surface area contributed by atoms with Crippen molar-refractivity contribution in [1.29, 1.82) is 0 Å². The largest absolute Gasteiger partial charge is 0.457 e. The number of benzene rings is 8. The van der Waals surface area contributed by atoms with Gasteiger partial charge in [-0.25, -0.2) is 0 Å². The zero-order valence-electron chi connectivity index (χ0n) is 27.0. The maximum absolute atomic E-state index is 6.69. The lowest BCUT2D eigenvalue weighted by Gasteiger charge is -2.40. The van der Waals surface area contributed by atoms with Gasteiger partial charge in [-0.05, 0) is 81.6 Å². The first-order valence-electron chi connectivity index (χ1n) is 17.1. The molecule has 0 atom stereocenters. The molecule has 0 fully saturated rings. The van der Waals surface area contributed by atoms with Crippen molar-refractivity contribution in [2.75, 3.05) is 4.90 Å². The van der Waals surface area contributed by atoms with Gasteiger partial charge in [0.2, 0.25) is 0 Å². The zero-order chi connectivity index (χ0) is 32.8. The van der Waals surface area contributed by atoms with E-state index in [9.17, 15) is 0 Å². The van der Waals surface area contributed by atoms with Gasteiger partial charge in [0, 0.05) is 38.0 Å². The minimum absolute atomic E-state index is 0.584. The van der Waals surface area contributed by atoms with Crippen LogP contribution < -0.4 is 9.64 Å². The van der Waals surface area contributed by atoms with Gasteiger partial charge < -0.3 is 9.64 Å². The van der Waals surface area contributed by atoms with Gasteiger partial charge in [0.25, 0.3) is 0 Å². The van der Waals surface area contributed by atoms with E-state index >= 15 is 0 Å². The molecule has 1 aromatic heterocycles. The normalized spacial score (nSPS) is 13.5. The minimum Gasteiger partial charge on any atom is -0.457 e. The molecule has 2 aliphatic rings. The summed E-state index contributed by atoms with van der Waals surface area (Å²) in [5.74, 6) is 1.80. The van der Waals surface area contributed by atoms with Gasteiger partial charge in [0.1, 0.15) is 11.5 Å². The quantitative estimate of drug-likeness (QED) is 0.188. The van der Waals surface area contributed by atoms with Crippen LogP contribution in [0.5, 0.6) is 11.5 Å². The SMILES string of the molecule is c1ccc(N(c2ccc3c(c2)C2(c4ccccc4Oc4ccccc42)c2c-3ccc3ccccc23)c2cccc3c2sc2ccccc23)cc1. The highest BCUT2D eigenvalue weighted by Crippen LogP contribution is 2.64. The van der Waals surface area contributed by atoms with Crippen LogP contribution in [0.25, 0.3) is 42.1 Å². The highest BCUT2D eigenvalue weighted by atomic mass is 32.1. The fourth-order valence-electron chi connectivity index (χ4n) is 8.72. The summed E-state index contributed by atoms with van der Waals surface area (Å²) in [7, 11) is 0. The monoisotopic (exact) mass is 655 g/mol. The van der Waals surface area contributed by atoms with Gasteiger partial charge in [-0.2, -0.15) is 0 Å². The molecule has 2 nitrogen and oxygen atoms in total. The van der Waals surface area contributed by atoms with Crippen molar-refractivity contribution in [3.05, 3.63) is 198 Å². The number of fused-ring (bicyclic) bond motifs is 14. The minimum atomic E-state index is -0.584. The van der Waals surface area contributed by atoms with Crippen molar-refractivity contribution in [1.82, 2.24) is 0 Å². The van der Waals surface area contributed by atoms with Crippen LogP contribution in [0.2, 0.25) is 0 Å². The average molecular weight is 656 g/mol. The van der Waals surface area contributed by atoms with E-state index in [-0.39, 0.29) is 0 Å². The lowest BCUT2D eigenvalue weighted by Crippen LogP contribution is -2.32. The van der Waals surface area contributed by atoms with Crippen molar-refractivity contribution >= 4 is 59.3 Å². The molecule has 8 aromatic carbocycles. The molecule has 3 heteroatoms. The van der Waals surface area contributed by atoms with Crippen molar-refractivity contribution in [2.24, 2.45) is 0 Å². The van der Waals surface area contributed by atoms with Crippen molar-refractivity contribution < 1.29 is 4.74 Å². The van der Waals surface area contributed by atoms with Crippen LogP contribution in [0.15, 0.2) is 176 Å². The molecular weight excluding hydrogens is 627 g/mol. The van der Waals surface area contributed by atoms with E-state index in [0.29, 0.717) is 0 Å². The molecule has 0 saturated carbocycles. The predicted molar refractivity (Wildman–Crippen MR) is 209 cm³/mol. The number of hydrogen-bond donors (Lipinski definition) is 0. The van der Waals surface area contributed by atoms with Crippen LogP contribution in [0.4, 0.5) is 17.1 Å². The lowest BCUT2D eigenvalue weighted by molar-refractivity contribution is 0.437. The fourth-order valence-corrected chi connectivity index (χ4v) is 9.92. The molecule has 0 amide bonds. The summed E-state index contributed by atoms with van der Waals surface area (Å²) in [6.07, 6.45) is 0. The second-order valence-corrected chi connectivity index (χ2v) is 14.3. The molecule has 0 N–H and O–H groups in total. The van der Waals surface area contributed by atoms with Crippen LogP contribution in [0.1, 0.15) is 22.3 Å². The summed E-state index contributed by atoms with van der Waals surface area (Å²) in [6, 6.07) is 64.1. The van der Waals surface area contributed by atoms with E-state index in [0.717, 1.165) is 22.9 Å². The van der Waals surface area contributed by atoms with Crippen LogP contribution in [-0.4, -0.2) is 0 Å². The second-order valence-electron chi connectivity index (χ2n) is 13.2. The van der Waals surface area contributed by atoms with Crippen LogP contribution >= 0.6 is 11.3 Å². The number of nitrogens with zero attached hydrogens (tertiary/aromatic N) is 1. The third-order valence-electron chi connectivity index (χ3n) is 10.7. The summed E-state index contributed by atoms with van der Waals surface area (Å²) >= 11 is 1.87. The number of rotatable bonds is 3. The molecule has 1 spiro atoms. The Balaban J connectivity index is 1.26. The fraction of sp³-hybridized carbons (Fsp3) is 0.0213. The molecule has 1 aliphatic carbocycles. The second kappa shape index (κ2) is 10.4. The highest BCUT2D eigenvalue weighted by molar-refractivity contribution is 7.26. The van der Waals surface area contributed by atoms with E-state index < -0.39 is 5.41 Å². The summed E-state index contributed by atoms with van der Waals surface area (Å²) < 4.78 is 9.27. The molecule has 234 valence electrons. The summed E-state index contributed by atoms with van der Waals surface area (Å²) in [5, 5.41) is 5.09. The average Bonchev–Trinajstić information content (AvgIpc) is 3.70. The maximum atomic E-state index is 6.69. The Labute approximate surface area is 294 Å². The Morgan fingerprint density at radius 3 is 1.94 bits per heavy atom. The molecule has 0 unspecified atom stereocenters. The van der Waals surface area contributed by atoms with E-state index in [1.165, 1.54) is 70.0 Å². The van der Waals surface area contributed by atoms with Crippen molar-refractivity contribution in [3.63, 3.8) is 0 Å². The number of hydrogen-bond acceptors (Lipinski definition) is 3. The zero-order valence-corrected chi connectivity index (χ0v) is 27.8. The standard InChI is InChI=1S/C47H29NOS/c1-2-14-31(15-3-1)48(41-21-12-18-37-35-17-6-11-24-44(35)50-46(37)41)32-26-28-34-36-27-25-30-13-4-5-16-33(30)45(36)47(40(34)29-32)38-19-7-9-22-42(38)49-43-23-10-8-20-39(43)47/h1-29H. The van der Waals surface area contributed by atoms with E-state index in [1.54, 1.807) is 0 Å². The Hall–Kier alpha value is -6.16. The van der Waals surface area contributed by atoms with Crippen LogP contribution in [0.3, 0.4) is 0 Å². The van der Waals surface area contributed by atoms with Crippen molar-refractivity contribution in [2.45, 2.75) is 5.41 Å². The van der Waals surface area contributed by atoms with Gasteiger partial charge in [-0.1, -0.05) is 127 Å². The molecule has 9 aromatic rings. The first-order valence-corrected chi connectivity index (χ1v) is 17.9. The number of para-hydroxylation sites is 3. The predicted octanol–water partition coefficient (Wildman–Crippen LogP) is 13.1.